The molecule has 2 rings (SSSR count). The number of aromatic hydroxyl groups is 1. The molecule has 1 heterocycles. The first-order valence-corrected chi connectivity index (χ1v) is 5.99. The molecular weight excluding hydrogens is 258 g/mol. The van der Waals surface area contributed by atoms with Gasteiger partial charge >= 0.3 is 0 Å². The Balaban J connectivity index is 2.15. The van der Waals surface area contributed by atoms with Crippen LogP contribution in [0.4, 0.5) is 17.2 Å². The van der Waals surface area contributed by atoms with Gasteiger partial charge in [-0.05, 0) is 36.4 Å². The number of carbonyl (C=O) groups excluding carboxylic acids is 1. The maximum absolute atomic E-state index is 11.5. The zero-order chi connectivity index (χ0) is 14.4. The van der Waals surface area contributed by atoms with Crippen molar-refractivity contribution >= 4 is 23.1 Å². The molecule has 0 spiro atoms. The average Bonchev–Trinajstić information content (AvgIpc) is 2.44. The van der Waals surface area contributed by atoms with Gasteiger partial charge in [0.05, 0.1) is 5.69 Å². The highest BCUT2D eigenvalue weighted by Crippen LogP contribution is 2.23. The molecule has 0 atom stereocenters. The minimum absolute atomic E-state index is 0.0203. The van der Waals surface area contributed by atoms with Gasteiger partial charge in [-0.3, -0.25) is 4.79 Å². The van der Waals surface area contributed by atoms with Crippen LogP contribution in [0.15, 0.2) is 42.6 Å². The molecule has 0 fully saturated rings. The summed E-state index contributed by atoms with van der Waals surface area (Å²) in [4.78, 5) is 15.7. The summed E-state index contributed by atoms with van der Waals surface area (Å²) in [5, 5.41) is 15.0. The average molecular weight is 273 g/mol. The monoisotopic (exact) mass is 273 g/mol. The second-order valence-electron chi connectivity index (χ2n) is 4.05. The summed E-state index contributed by atoms with van der Waals surface area (Å²) in [5.41, 5.74) is 1.31. The summed E-state index contributed by atoms with van der Waals surface area (Å²) in [6.07, 6.45) is 1.62. The number of nitrogens with one attached hydrogen (secondary N) is 2. The molecule has 0 aliphatic carbocycles. The van der Waals surface area contributed by atoms with E-state index in [1.54, 1.807) is 42.6 Å². The van der Waals surface area contributed by atoms with Gasteiger partial charge in [0, 0.05) is 19.0 Å². The number of amides is 1. The Bertz CT molecular complexity index is 584. The quantitative estimate of drug-likeness (QED) is 0.727. The number of rotatable bonds is 5. The Morgan fingerprint density at radius 1 is 1.30 bits per heavy atom. The molecule has 0 aliphatic heterocycles. The van der Waals surface area contributed by atoms with Crippen molar-refractivity contribution in [3.8, 4) is 5.75 Å². The van der Waals surface area contributed by atoms with E-state index in [2.05, 4.69) is 15.6 Å². The number of pyridine rings is 1. The number of ether oxygens (including phenoxy) is 1. The summed E-state index contributed by atoms with van der Waals surface area (Å²) in [5.74, 6) is 0.446. The summed E-state index contributed by atoms with van der Waals surface area (Å²) in [6, 6.07) is 10.0. The van der Waals surface area contributed by atoms with E-state index in [4.69, 9.17) is 4.74 Å². The second kappa shape index (κ2) is 6.53. The molecule has 0 bridgehead atoms. The maximum atomic E-state index is 11.5. The number of aromatic nitrogens is 1. The van der Waals surface area contributed by atoms with Crippen LogP contribution in [0.1, 0.15) is 0 Å². The topological polar surface area (TPSA) is 83.5 Å². The highest BCUT2D eigenvalue weighted by molar-refractivity contribution is 5.94. The van der Waals surface area contributed by atoms with Crippen molar-refractivity contribution in [2.75, 3.05) is 24.4 Å². The van der Waals surface area contributed by atoms with Crippen LogP contribution >= 0.6 is 0 Å². The van der Waals surface area contributed by atoms with Gasteiger partial charge < -0.3 is 20.5 Å². The molecule has 0 saturated carbocycles. The number of methoxy groups -OCH3 is 1. The number of phenolic OH excluding ortho intramolecular Hbond substituents is 1. The fraction of sp³-hybridized carbons (Fsp3) is 0.143. The lowest BCUT2D eigenvalue weighted by Crippen LogP contribution is -2.18. The van der Waals surface area contributed by atoms with Crippen LogP contribution in [0.25, 0.3) is 0 Å². The van der Waals surface area contributed by atoms with E-state index >= 15 is 0 Å². The van der Waals surface area contributed by atoms with Crippen molar-refractivity contribution in [1.82, 2.24) is 4.98 Å². The molecule has 0 radical (unpaired) electrons. The minimum Gasteiger partial charge on any atom is -0.508 e. The van der Waals surface area contributed by atoms with Crippen LogP contribution in [0.5, 0.6) is 5.75 Å². The minimum atomic E-state index is -0.255. The third kappa shape index (κ3) is 3.69. The van der Waals surface area contributed by atoms with Crippen LogP contribution in [0.2, 0.25) is 0 Å². The van der Waals surface area contributed by atoms with E-state index in [-0.39, 0.29) is 18.3 Å². The molecule has 1 amide bonds. The normalized spacial score (nSPS) is 10.1. The molecule has 0 aliphatic rings. The van der Waals surface area contributed by atoms with Gasteiger partial charge in [0.25, 0.3) is 0 Å². The van der Waals surface area contributed by atoms with Crippen molar-refractivity contribution in [3.63, 3.8) is 0 Å². The fourth-order valence-corrected chi connectivity index (χ4v) is 1.60. The Hall–Kier alpha value is -2.60. The number of phenols is 1. The first-order valence-electron chi connectivity index (χ1n) is 5.99. The Kier molecular flexibility index (Phi) is 4.52. The highest BCUT2D eigenvalue weighted by atomic mass is 16.5. The van der Waals surface area contributed by atoms with Crippen molar-refractivity contribution in [2.24, 2.45) is 0 Å². The Morgan fingerprint density at radius 2 is 2.05 bits per heavy atom. The number of hydrogen-bond acceptors (Lipinski definition) is 5. The van der Waals surface area contributed by atoms with Crippen LogP contribution in [0.3, 0.4) is 0 Å². The smallest absolute Gasteiger partial charge is 0.250 e. The number of hydrogen-bond donors (Lipinski definition) is 3. The molecule has 104 valence electrons. The zero-order valence-corrected chi connectivity index (χ0v) is 11.0. The van der Waals surface area contributed by atoms with Crippen LogP contribution < -0.4 is 10.6 Å². The van der Waals surface area contributed by atoms with Gasteiger partial charge in [-0.1, -0.05) is 0 Å². The SMILES string of the molecule is COCC(=O)Nc1cccnc1Nc1ccc(O)cc1. The van der Waals surface area contributed by atoms with Gasteiger partial charge in [0.1, 0.15) is 12.4 Å². The van der Waals surface area contributed by atoms with Crippen LogP contribution in [-0.4, -0.2) is 29.7 Å². The summed E-state index contributed by atoms with van der Waals surface area (Å²) < 4.78 is 4.77. The molecule has 0 unspecified atom stereocenters. The summed E-state index contributed by atoms with van der Waals surface area (Å²) >= 11 is 0. The van der Waals surface area contributed by atoms with Gasteiger partial charge in [0.15, 0.2) is 5.82 Å². The fourth-order valence-electron chi connectivity index (χ4n) is 1.60. The molecule has 20 heavy (non-hydrogen) atoms. The third-order valence-corrected chi connectivity index (χ3v) is 2.49. The van der Waals surface area contributed by atoms with E-state index in [1.165, 1.54) is 7.11 Å². The van der Waals surface area contributed by atoms with Crippen molar-refractivity contribution in [3.05, 3.63) is 42.6 Å². The van der Waals surface area contributed by atoms with E-state index in [9.17, 15) is 9.90 Å². The molecule has 2 aromatic rings. The van der Waals surface area contributed by atoms with Gasteiger partial charge in [-0.25, -0.2) is 4.98 Å². The molecule has 1 aromatic heterocycles. The standard InChI is InChI=1S/C14H15N3O3/c1-20-9-13(19)17-12-3-2-8-15-14(12)16-10-4-6-11(18)7-5-10/h2-8,18H,9H2,1H3,(H,15,16)(H,17,19). The van der Waals surface area contributed by atoms with Crippen LogP contribution in [-0.2, 0) is 9.53 Å². The van der Waals surface area contributed by atoms with E-state index < -0.39 is 0 Å². The number of benzene rings is 1. The van der Waals surface area contributed by atoms with E-state index in [1.807, 2.05) is 0 Å². The first-order chi connectivity index (χ1) is 9.69. The maximum Gasteiger partial charge on any atom is 0.250 e. The van der Waals surface area contributed by atoms with Crippen molar-refractivity contribution in [1.29, 1.82) is 0 Å². The summed E-state index contributed by atoms with van der Waals surface area (Å²) in [7, 11) is 1.46. The molecule has 6 nitrogen and oxygen atoms in total. The lowest BCUT2D eigenvalue weighted by Gasteiger charge is -2.11. The van der Waals surface area contributed by atoms with Crippen molar-refractivity contribution in [2.45, 2.75) is 0 Å². The van der Waals surface area contributed by atoms with Gasteiger partial charge in [-0.2, -0.15) is 0 Å². The predicted octanol–water partition coefficient (Wildman–Crippen LogP) is 2.12. The van der Waals surface area contributed by atoms with Gasteiger partial charge in [-0.15, -0.1) is 0 Å². The number of carbonyl (C=O) groups is 1. The molecule has 0 saturated heterocycles. The third-order valence-electron chi connectivity index (χ3n) is 2.49. The Morgan fingerprint density at radius 3 is 2.75 bits per heavy atom. The lowest BCUT2D eigenvalue weighted by atomic mass is 10.3. The first kappa shape index (κ1) is 13.8. The van der Waals surface area contributed by atoms with Crippen molar-refractivity contribution < 1.29 is 14.6 Å². The van der Waals surface area contributed by atoms with E-state index in [0.717, 1.165) is 5.69 Å². The number of nitrogens with zero attached hydrogens (tertiary/aromatic N) is 1. The lowest BCUT2D eigenvalue weighted by molar-refractivity contribution is -0.119. The summed E-state index contributed by atoms with van der Waals surface area (Å²) in [6.45, 7) is -0.0203. The number of anilines is 3. The molecular formula is C14H15N3O3. The van der Waals surface area contributed by atoms with E-state index in [0.29, 0.717) is 11.5 Å². The molecule has 3 N–H and O–H groups in total. The predicted molar refractivity (Wildman–Crippen MR) is 76.1 cm³/mol. The molecule has 1 aromatic carbocycles. The van der Waals surface area contributed by atoms with Crippen LogP contribution in [0, 0.1) is 0 Å². The highest BCUT2D eigenvalue weighted by Gasteiger charge is 2.07. The largest absolute Gasteiger partial charge is 0.508 e. The molecule has 6 heteroatoms. The Labute approximate surface area is 116 Å². The van der Waals surface area contributed by atoms with Gasteiger partial charge in [0.2, 0.25) is 5.91 Å². The second-order valence-corrected chi connectivity index (χ2v) is 4.05. The zero-order valence-electron chi connectivity index (χ0n) is 11.0.